The molecule has 2 rings (SSSR count). The van der Waals surface area contributed by atoms with Gasteiger partial charge in [0.05, 0.1) is 17.7 Å². The van der Waals surface area contributed by atoms with E-state index in [1.807, 2.05) is 37.4 Å². The van der Waals surface area contributed by atoms with Crippen molar-refractivity contribution in [1.82, 2.24) is 0 Å². The number of ether oxygens (including phenoxy) is 1. The fourth-order valence-electron chi connectivity index (χ4n) is 1.87. The first kappa shape index (κ1) is 13.4. The van der Waals surface area contributed by atoms with Gasteiger partial charge in [-0.2, -0.15) is 0 Å². The molecule has 1 heterocycles. The van der Waals surface area contributed by atoms with Crippen LogP contribution >= 0.6 is 22.9 Å². The van der Waals surface area contributed by atoms with E-state index in [1.165, 1.54) is 0 Å². The second kappa shape index (κ2) is 5.74. The van der Waals surface area contributed by atoms with Gasteiger partial charge in [-0.25, -0.2) is 0 Å². The van der Waals surface area contributed by atoms with Crippen molar-refractivity contribution in [2.45, 2.75) is 19.9 Å². The molecule has 0 aliphatic rings. The lowest BCUT2D eigenvalue weighted by molar-refractivity contribution is 0.335. The highest BCUT2D eigenvalue weighted by Gasteiger charge is 2.18. The molecule has 2 N–H and O–H groups in total. The molecule has 0 saturated carbocycles. The maximum absolute atomic E-state index is 6.31. The molecule has 0 fully saturated rings. The lowest BCUT2D eigenvalue weighted by Gasteiger charge is -2.16. The third-order valence-corrected chi connectivity index (χ3v) is 4.17. The van der Waals surface area contributed by atoms with Gasteiger partial charge in [0.15, 0.2) is 0 Å². The quantitative estimate of drug-likeness (QED) is 0.913. The van der Waals surface area contributed by atoms with Gasteiger partial charge in [0.25, 0.3) is 0 Å². The zero-order valence-corrected chi connectivity index (χ0v) is 12.0. The summed E-state index contributed by atoms with van der Waals surface area (Å²) in [7, 11) is 0. The van der Waals surface area contributed by atoms with Crippen molar-refractivity contribution in [2.75, 3.05) is 6.61 Å². The van der Waals surface area contributed by atoms with Crippen LogP contribution in [0.25, 0.3) is 0 Å². The summed E-state index contributed by atoms with van der Waals surface area (Å²) in [6.07, 6.45) is 0. The topological polar surface area (TPSA) is 35.2 Å². The van der Waals surface area contributed by atoms with Crippen LogP contribution in [0.4, 0.5) is 0 Å². The molecule has 0 amide bonds. The van der Waals surface area contributed by atoms with Gasteiger partial charge < -0.3 is 10.5 Å². The highest BCUT2D eigenvalue weighted by Crippen LogP contribution is 2.35. The summed E-state index contributed by atoms with van der Waals surface area (Å²) >= 11 is 7.72. The van der Waals surface area contributed by atoms with E-state index in [4.69, 9.17) is 22.1 Å². The van der Waals surface area contributed by atoms with Gasteiger partial charge in [0, 0.05) is 10.4 Å². The zero-order chi connectivity index (χ0) is 13.1. The maximum atomic E-state index is 6.31. The summed E-state index contributed by atoms with van der Waals surface area (Å²) in [5, 5.41) is 2.67. The second-order valence-electron chi connectivity index (χ2n) is 4.08. The highest BCUT2D eigenvalue weighted by atomic mass is 35.5. The van der Waals surface area contributed by atoms with Crippen LogP contribution in [-0.2, 0) is 0 Å². The summed E-state index contributed by atoms with van der Waals surface area (Å²) in [6.45, 7) is 4.64. The van der Waals surface area contributed by atoms with Gasteiger partial charge in [0.1, 0.15) is 5.75 Å². The molecule has 0 radical (unpaired) electrons. The smallest absolute Gasteiger partial charge is 0.124 e. The number of thiophene rings is 1. The average molecular weight is 282 g/mol. The molecule has 96 valence electrons. The molecule has 2 nitrogen and oxygen atoms in total. The van der Waals surface area contributed by atoms with E-state index in [9.17, 15) is 0 Å². The Kier molecular flexibility index (Phi) is 4.27. The maximum Gasteiger partial charge on any atom is 0.124 e. The third kappa shape index (κ3) is 2.69. The number of hydrogen-bond donors (Lipinski definition) is 1. The normalized spacial score (nSPS) is 12.4. The van der Waals surface area contributed by atoms with Crippen LogP contribution in [0.15, 0.2) is 29.6 Å². The van der Waals surface area contributed by atoms with E-state index in [-0.39, 0.29) is 6.04 Å². The van der Waals surface area contributed by atoms with Crippen LogP contribution in [0.3, 0.4) is 0 Å². The van der Waals surface area contributed by atoms with Crippen molar-refractivity contribution >= 4 is 22.9 Å². The molecule has 0 aliphatic carbocycles. The van der Waals surface area contributed by atoms with E-state index >= 15 is 0 Å². The zero-order valence-electron chi connectivity index (χ0n) is 10.4. The molecule has 4 heteroatoms. The van der Waals surface area contributed by atoms with E-state index < -0.39 is 0 Å². The van der Waals surface area contributed by atoms with E-state index in [0.717, 1.165) is 26.8 Å². The second-order valence-corrected chi connectivity index (χ2v) is 5.44. The van der Waals surface area contributed by atoms with Crippen LogP contribution in [-0.4, -0.2) is 6.61 Å². The average Bonchev–Trinajstić information content (AvgIpc) is 2.77. The Balaban J connectivity index is 2.43. The lowest BCUT2D eigenvalue weighted by Crippen LogP contribution is -2.13. The van der Waals surface area contributed by atoms with E-state index in [0.29, 0.717) is 6.61 Å². The Morgan fingerprint density at radius 3 is 2.78 bits per heavy atom. The lowest BCUT2D eigenvalue weighted by atomic mass is 10.0. The van der Waals surface area contributed by atoms with Gasteiger partial charge in [-0.1, -0.05) is 29.3 Å². The van der Waals surface area contributed by atoms with Crippen molar-refractivity contribution in [3.63, 3.8) is 0 Å². The number of hydrogen-bond acceptors (Lipinski definition) is 3. The first-order chi connectivity index (χ1) is 8.63. The molecule has 0 bridgehead atoms. The Hall–Kier alpha value is -1.03. The van der Waals surface area contributed by atoms with Crippen molar-refractivity contribution in [3.8, 4) is 5.75 Å². The molecule has 0 aliphatic heterocycles. The first-order valence-corrected chi connectivity index (χ1v) is 7.11. The SMILES string of the molecule is CCOc1ccc(C)cc1C(N)c1sccc1Cl. The predicted octanol–water partition coefficient (Wildman–Crippen LogP) is 4.16. The standard InChI is InChI=1S/C14H16ClNOS/c1-3-17-12-5-4-9(2)8-10(12)13(16)14-11(15)6-7-18-14/h4-8,13H,3,16H2,1-2H3. The molecule has 1 aromatic heterocycles. The largest absolute Gasteiger partial charge is 0.494 e. The van der Waals surface area contributed by atoms with Crippen LogP contribution < -0.4 is 10.5 Å². The minimum Gasteiger partial charge on any atom is -0.494 e. The molecule has 18 heavy (non-hydrogen) atoms. The minimum atomic E-state index is -0.237. The number of rotatable bonds is 4. The molecule has 1 atom stereocenters. The molecule has 2 aromatic rings. The molecular weight excluding hydrogens is 266 g/mol. The Morgan fingerprint density at radius 2 is 2.17 bits per heavy atom. The van der Waals surface area contributed by atoms with Gasteiger partial charge >= 0.3 is 0 Å². The molecular formula is C14H16ClNOS. The molecule has 1 unspecified atom stereocenters. The van der Waals surface area contributed by atoms with E-state index in [1.54, 1.807) is 11.3 Å². The Bertz CT molecular complexity index is 538. The number of nitrogens with two attached hydrogens (primary N) is 1. The van der Waals surface area contributed by atoms with Crippen molar-refractivity contribution in [2.24, 2.45) is 5.73 Å². The molecule has 1 aromatic carbocycles. The van der Waals surface area contributed by atoms with Crippen molar-refractivity contribution in [3.05, 3.63) is 50.7 Å². The van der Waals surface area contributed by atoms with Gasteiger partial charge in [-0.3, -0.25) is 0 Å². The first-order valence-electron chi connectivity index (χ1n) is 5.85. The van der Waals surface area contributed by atoms with Gasteiger partial charge in [0.2, 0.25) is 0 Å². The van der Waals surface area contributed by atoms with Gasteiger partial charge in [-0.05, 0) is 31.4 Å². The number of benzene rings is 1. The van der Waals surface area contributed by atoms with Crippen molar-refractivity contribution in [1.29, 1.82) is 0 Å². The third-order valence-electron chi connectivity index (χ3n) is 2.73. The fraction of sp³-hybridized carbons (Fsp3) is 0.286. The Morgan fingerprint density at radius 1 is 1.39 bits per heavy atom. The predicted molar refractivity (Wildman–Crippen MR) is 77.7 cm³/mol. The van der Waals surface area contributed by atoms with Crippen LogP contribution in [0, 0.1) is 6.92 Å². The van der Waals surface area contributed by atoms with E-state index in [2.05, 4.69) is 6.07 Å². The molecule has 0 saturated heterocycles. The summed E-state index contributed by atoms with van der Waals surface area (Å²) < 4.78 is 5.63. The van der Waals surface area contributed by atoms with Crippen LogP contribution in [0.1, 0.15) is 29.0 Å². The molecule has 0 spiro atoms. The number of halogens is 1. The monoisotopic (exact) mass is 281 g/mol. The summed E-state index contributed by atoms with van der Waals surface area (Å²) in [5.74, 6) is 0.833. The minimum absolute atomic E-state index is 0.237. The fourth-order valence-corrected chi connectivity index (χ4v) is 3.06. The van der Waals surface area contributed by atoms with Crippen LogP contribution in [0.5, 0.6) is 5.75 Å². The van der Waals surface area contributed by atoms with Crippen LogP contribution in [0.2, 0.25) is 5.02 Å². The van der Waals surface area contributed by atoms with Crippen molar-refractivity contribution < 1.29 is 4.74 Å². The number of aryl methyl sites for hydroxylation is 1. The highest BCUT2D eigenvalue weighted by molar-refractivity contribution is 7.10. The summed E-state index contributed by atoms with van der Waals surface area (Å²) in [4.78, 5) is 0.975. The Labute approximate surface area is 116 Å². The van der Waals surface area contributed by atoms with Gasteiger partial charge in [-0.15, -0.1) is 11.3 Å². The summed E-state index contributed by atoms with van der Waals surface area (Å²) in [6, 6.07) is 7.69. The summed E-state index contributed by atoms with van der Waals surface area (Å²) in [5.41, 5.74) is 8.46.